The highest BCUT2D eigenvalue weighted by atomic mass is 16.6. The lowest BCUT2D eigenvalue weighted by atomic mass is 9.50. The second-order valence-electron chi connectivity index (χ2n) is 12.5. The Balaban J connectivity index is 1.16. The number of ether oxygens (including phenoxy) is 5. The maximum Gasteiger partial charge on any atom is 0.333 e. The summed E-state index contributed by atoms with van der Waals surface area (Å²) in [5.41, 5.74) is 0.377. The molecule has 1 saturated heterocycles. The minimum atomic E-state index is -1.06. The van der Waals surface area contributed by atoms with Gasteiger partial charge in [0, 0.05) is 44.7 Å². The number of carbonyl (C=O) groups is 2. The van der Waals surface area contributed by atoms with Crippen LogP contribution in [0.1, 0.15) is 63.0 Å². The van der Waals surface area contributed by atoms with Crippen molar-refractivity contribution in [3.8, 4) is 11.5 Å². The second kappa shape index (κ2) is 11.8. The van der Waals surface area contributed by atoms with E-state index in [-0.39, 0.29) is 11.9 Å². The molecule has 0 radical (unpaired) electrons. The summed E-state index contributed by atoms with van der Waals surface area (Å²) in [5, 5.41) is 15.4. The molecule has 1 aromatic rings. The maximum atomic E-state index is 13.2. The minimum absolute atomic E-state index is 0.0399. The summed E-state index contributed by atoms with van der Waals surface area (Å²) in [6.45, 7) is 5.13. The van der Waals surface area contributed by atoms with Crippen molar-refractivity contribution in [2.45, 2.75) is 87.5 Å². The fourth-order valence-electron chi connectivity index (χ4n) is 7.63. The molecule has 5 atom stereocenters. The van der Waals surface area contributed by atoms with Crippen molar-refractivity contribution in [2.24, 2.45) is 5.92 Å². The number of carbonyl (C=O) groups excluding carboxylic acids is 2. The zero-order valence-corrected chi connectivity index (χ0v) is 25.0. The monoisotopic (exact) mass is 584 g/mol. The molecule has 3 aliphatic carbocycles. The zero-order chi connectivity index (χ0) is 29.5. The number of nitrogens with zero attached hydrogens (tertiary/aromatic N) is 1. The number of benzene rings is 1. The fraction of sp³-hybridized carbons (Fsp3) is 0.688. The van der Waals surface area contributed by atoms with Gasteiger partial charge in [-0.25, -0.2) is 4.79 Å². The smallest absolute Gasteiger partial charge is 0.333 e. The molecular formula is C32H44N2O8. The van der Waals surface area contributed by atoms with Crippen LogP contribution in [-0.4, -0.2) is 92.8 Å². The van der Waals surface area contributed by atoms with E-state index in [1.54, 1.807) is 21.1 Å². The van der Waals surface area contributed by atoms with Crippen molar-refractivity contribution in [1.82, 2.24) is 10.2 Å². The van der Waals surface area contributed by atoms with Crippen LogP contribution in [0.15, 0.2) is 24.0 Å². The van der Waals surface area contributed by atoms with Crippen molar-refractivity contribution < 1.29 is 38.4 Å². The van der Waals surface area contributed by atoms with Gasteiger partial charge in [0.1, 0.15) is 11.8 Å². The summed E-state index contributed by atoms with van der Waals surface area (Å²) >= 11 is 0. The largest absolute Gasteiger partial charge is 0.493 e. The first-order valence-corrected chi connectivity index (χ1v) is 15.4. The fourth-order valence-corrected chi connectivity index (χ4v) is 7.63. The van der Waals surface area contributed by atoms with Gasteiger partial charge < -0.3 is 34.1 Å². The van der Waals surface area contributed by atoms with Crippen LogP contribution in [0.4, 0.5) is 0 Å². The van der Waals surface area contributed by atoms with Gasteiger partial charge in [-0.3, -0.25) is 9.69 Å². The highest BCUT2D eigenvalue weighted by molar-refractivity contribution is 5.84. The molecule has 2 aliphatic heterocycles. The van der Waals surface area contributed by atoms with E-state index in [9.17, 15) is 14.7 Å². The van der Waals surface area contributed by atoms with Crippen LogP contribution < -0.4 is 14.8 Å². The maximum absolute atomic E-state index is 13.2. The number of rotatable bonds is 14. The Labute approximate surface area is 247 Å². The van der Waals surface area contributed by atoms with Gasteiger partial charge in [-0.05, 0) is 75.6 Å². The van der Waals surface area contributed by atoms with Gasteiger partial charge >= 0.3 is 5.97 Å². The molecule has 6 rings (SSSR count). The summed E-state index contributed by atoms with van der Waals surface area (Å²) in [6.07, 6.45) is 7.20. The van der Waals surface area contributed by atoms with E-state index in [4.69, 9.17) is 23.7 Å². The molecular weight excluding hydrogens is 540 g/mol. The normalized spacial score (nSPS) is 29.7. The third-order valence-electron chi connectivity index (χ3n) is 9.91. The van der Waals surface area contributed by atoms with Gasteiger partial charge in [-0.2, -0.15) is 0 Å². The third-order valence-corrected chi connectivity index (χ3v) is 9.91. The van der Waals surface area contributed by atoms with Crippen LogP contribution in [0.25, 0.3) is 0 Å². The van der Waals surface area contributed by atoms with Crippen molar-refractivity contribution in [1.29, 1.82) is 0 Å². The molecule has 5 aliphatic rings. The summed E-state index contributed by atoms with van der Waals surface area (Å²) < 4.78 is 28.7. The highest BCUT2D eigenvalue weighted by Gasteiger charge is 2.72. The standard InChI is InChI=1S/C32H44N2O8/c1-20(33-26(35)6-4-5-15-40-17-16-38-2)30(36)41-24-11-12-32(37)25-18-22-9-10-23(39-3)28-27(22)31(32,29(24)42-28)13-14-34(25)19-21-7-8-21/h9-11,20-21,25,29,37H,4-8,12-19H2,1-3H3,(H,33,35)/t20-,25+,29-,31-,32+/m0/s1. The van der Waals surface area contributed by atoms with Gasteiger partial charge in [0.05, 0.1) is 31.3 Å². The molecule has 0 unspecified atom stereocenters. The Bertz CT molecular complexity index is 1230. The number of methoxy groups -OCH3 is 2. The molecule has 0 aromatic heterocycles. The first-order valence-electron chi connectivity index (χ1n) is 15.4. The molecule has 10 heteroatoms. The minimum Gasteiger partial charge on any atom is -0.493 e. The molecule has 2 fully saturated rings. The number of hydrogen-bond acceptors (Lipinski definition) is 9. The Kier molecular flexibility index (Phi) is 8.26. The first kappa shape index (κ1) is 29.4. The number of likely N-dealkylation sites (tertiary alicyclic amines) is 1. The average molecular weight is 585 g/mol. The van der Waals surface area contributed by atoms with Gasteiger partial charge in [-0.15, -0.1) is 0 Å². The Morgan fingerprint density at radius 2 is 2.02 bits per heavy atom. The van der Waals surface area contributed by atoms with Crippen LogP contribution in [0.2, 0.25) is 0 Å². The van der Waals surface area contributed by atoms with E-state index in [1.807, 2.05) is 12.1 Å². The van der Waals surface area contributed by atoms with Gasteiger partial charge in [0.15, 0.2) is 17.6 Å². The summed E-state index contributed by atoms with van der Waals surface area (Å²) in [6, 6.07) is 3.17. The van der Waals surface area contributed by atoms with Crippen molar-refractivity contribution in [3.05, 3.63) is 35.1 Å². The average Bonchev–Trinajstić information content (AvgIpc) is 3.72. The molecule has 230 valence electrons. The van der Waals surface area contributed by atoms with Crippen LogP contribution in [0.5, 0.6) is 11.5 Å². The third kappa shape index (κ3) is 5.00. The van der Waals surface area contributed by atoms with E-state index in [0.717, 1.165) is 31.5 Å². The summed E-state index contributed by atoms with van der Waals surface area (Å²) in [7, 11) is 3.24. The molecule has 2 heterocycles. The molecule has 2 N–H and O–H groups in total. The van der Waals surface area contributed by atoms with Crippen LogP contribution in [0, 0.1) is 5.92 Å². The van der Waals surface area contributed by atoms with E-state index >= 15 is 0 Å². The number of unbranched alkanes of at least 4 members (excludes halogenated alkanes) is 1. The SMILES string of the molecule is COCCOCCCCC(=O)N[C@@H](C)C(=O)OC1=CC[C@@]2(O)[C@H]3Cc4ccc(OC)c5c4[C@@]2(CCN3CC2CC2)[C@H]1O5. The number of nitrogens with one attached hydrogen (secondary N) is 1. The lowest BCUT2D eigenvalue weighted by Gasteiger charge is -2.62. The highest BCUT2D eigenvalue weighted by Crippen LogP contribution is 2.65. The van der Waals surface area contributed by atoms with E-state index < -0.39 is 29.1 Å². The zero-order valence-electron chi connectivity index (χ0n) is 25.0. The van der Waals surface area contributed by atoms with Crippen molar-refractivity contribution >= 4 is 11.9 Å². The van der Waals surface area contributed by atoms with E-state index in [2.05, 4.69) is 16.3 Å². The van der Waals surface area contributed by atoms with Gasteiger partial charge in [-0.1, -0.05) is 6.07 Å². The first-order chi connectivity index (χ1) is 20.3. The summed E-state index contributed by atoms with van der Waals surface area (Å²) in [4.78, 5) is 28.2. The van der Waals surface area contributed by atoms with Crippen molar-refractivity contribution in [3.63, 3.8) is 0 Å². The van der Waals surface area contributed by atoms with Crippen LogP contribution >= 0.6 is 0 Å². The topological polar surface area (TPSA) is 116 Å². The molecule has 1 saturated carbocycles. The van der Waals surface area contributed by atoms with Gasteiger partial charge in [0.25, 0.3) is 0 Å². The molecule has 1 amide bonds. The number of amides is 1. The molecule has 1 aromatic carbocycles. The quantitative estimate of drug-likeness (QED) is 0.252. The van der Waals surface area contributed by atoms with Crippen LogP contribution in [-0.2, 0) is 35.6 Å². The lowest BCUT2D eigenvalue weighted by molar-refractivity contribution is -0.174. The number of hydrogen-bond donors (Lipinski definition) is 2. The number of esters is 1. The number of piperidine rings is 1. The molecule has 2 bridgehead atoms. The Hall–Kier alpha value is -2.66. The Morgan fingerprint density at radius 3 is 2.79 bits per heavy atom. The lowest BCUT2D eigenvalue weighted by Crippen LogP contribution is -2.75. The predicted octanol–water partition coefficient (Wildman–Crippen LogP) is 2.63. The molecule has 10 nitrogen and oxygen atoms in total. The second-order valence-corrected chi connectivity index (χ2v) is 12.5. The Morgan fingerprint density at radius 1 is 1.19 bits per heavy atom. The number of aliphatic hydroxyl groups is 1. The van der Waals surface area contributed by atoms with Gasteiger partial charge in [0.2, 0.25) is 5.91 Å². The van der Waals surface area contributed by atoms with Crippen molar-refractivity contribution in [2.75, 3.05) is 47.1 Å². The summed E-state index contributed by atoms with van der Waals surface area (Å²) in [5.74, 6) is 1.62. The van der Waals surface area contributed by atoms with Crippen LogP contribution in [0.3, 0.4) is 0 Å². The molecule has 42 heavy (non-hydrogen) atoms. The van der Waals surface area contributed by atoms with E-state index in [1.165, 1.54) is 18.4 Å². The molecule has 1 spiro atoms. The van der Waals surface area contributed by atoms with E-state index in [0.29, 0.717) is 68.7 Å². The predicted molar refractivity (Wildman–Crippen MR) is 153 cm³/mol.